The number of fused-ring (bicyclic) bond motifs is 2. The SMILES string of the molecule is O=C(NCCc1cccnc1)c1ccc2c(c1)N=Cc1c(cccc1-c1cccc(Cl)c1)S2. The van der Waals surface area contributed by atoms with E-state index in [1.807, 2.05) is 73.1 Å². The average Bonchev–Trinajstić information content (AvgIpc) is 3.03. The summed E-state index contributed by atoms with van der Waals surface area (Å²) in [5.74, 6) is -0.108. The largest absolute Gasteiger partial charge is 0.352 e. The summed E-state index contributed by atoms with van der Waals surface area (Å²) < 4.78 is 0. The quantitative estimate of drug-likeness (QED) is 0.316. The van der Waals surface area contributed by atoms with Crippen LogP contribution < -0.4 is 5.32 Å². The van der Waals surface area contributed by atoms with Gasteiger partial charge in [0.05, 0.1) is 5.69 Å². The first-order chi connectivity index (χ1) is 16.2. The molecule has 2 heterocycles. The lowest BCUT2D eigenvalue weighted by molar-refractivity contribution is 0.0954. The number of halogens is 1. The van der Waals surface area contributed by atoms with Crippen molar-refractivity contribution < 1.29 is 4.79 Å². The third kappa shape index (κ3) is 4.85. The summed E-state index contributed by atoms with van der Waals surface area (Å²) in [7, 11) is 0. The van der Waals surface area contributed by atoms with Crippen molar-refractivity contribution in [2.75, 3.05) is 6.54 Å². The molecule has 0 saturated heterocycles. The molecule has 0 aliphatic carbocycles. The first-order valence-corrected chi connectivity index (χ1v) is 11.8. The van der Waals surface area contributed by atoms with E-state index < -0.39 is 0 Å². The van der Waals surface area contributed by atoms with Crippen LogP contribution in [0.4, 0.5) is 5.69 Å². The number of nitrogens with zero attached hydrogens (tertiary/aromatic N) is 2. The monoisotopic (exact) mass is 469 g/mol. The molecule has 4 aromatic rings. The number of carbonyl (C=O) groups excluding carboxylic acids is 1. The Balaban J connectivity index is 1.37. The minimum absolute atomic E-state index is 0.108. The summed E-state index contributed by atoms with van der Waals surface area (Å²) in [6.45, 7) is 0.550. The maximum absolute atomic E-state index is 12.7. The number of pyridine rings is 1. The van der Waals surface area contributed by atoms with Crippen LogP contribution in [0.15, 0.2) is 100.0 Å². The molecule has 1 N–H and O–H groups in total. The predicted molar refractivity (Wildman–Crippen MR) is 135 cm³/mol. The number of hydrogen-bond acceptors (Lipinski definition) is 4. The molecule has 1 aliphatic heterocycles. The van der Waals surface area contributed by atoms with E-state index >= 15 is 0 Å². The number of aliphatic imine (C=N–C) groups is 1. The molecule has 0 fully saturated rings. The van der Waals surface area contributed by atoms with Gasteiger partial charge >= 0.3 is 0 Å². The average molecular weight is 470 g/mol. The maximum Gasteiger partial charge on any atom is 0.251 e. The third-order valence-electron chi connectivity index (χ3n) is 5.40. The highest BCUT2D eigenvalue weighted by atomic mass is 35.5. The molecule has 1 aromatic heterocycles. The summed E-state index contributed by atoms with van der Waals surface area (Å²) in [6.07, 6.45) is 6.18. The van der Waals surface area contributed by atoms with Crippen LogP contribution in [0.5, 0.6) is 0 Å². The molecule has 0 radical (unpaired) electrons. The lowest BCUT2D eigenvalue weighted by Gasteiger charge is -2.11. The molecule has 0 atom stereocenters. The van der Waals surface area contributed by atoms with E-state index in [1.54, 1.807) is 18.0 Å². The van der Waals surface area contributed by atoms with Gasteiger partial charge in [-0.25, -0.2) is 0 Å². The Kier molecular flexibility index (Phi) is 6.24. The Bertz CT molecular complexity index is 1350. The molecular weight excluding hydrogens is 450 g/mol. The van der Waals surface area contributed by atoms with Crippen molar-refractivity contribution in [3.05, 3.63) is 107 Å². The number of rotatable bonds is 5. The Morgan fingerprint density at radius 1 is 0.970 bits per heavy atom. The molecule has 33 heavy (non-hydrogen) atoms. The molecule has 6 heteroatoms. The van der Waals surface area contributed by atoms with Crippen molar-refractivity contribution in [3.8, 4) is 11.1 Å². The molecule has 1 amide bonds. The summed E-state index contributed by atoms with van der Waals surface area (Å²) in [5, 5.41) is 3.68. The molecule has 0 spiro atoms. The Morgan fingerprint density at radius 3 is 2.73 bits per heavy atom. The van der Waals surface area contributed by atoms with Crippen LogP contribution in [0.3, 0.4) is 0 Å². The van der Waals surface area contributed by atoms with Crippen LogP contribution in [0.1, 0.15) is 21.5 Å². The highest BCUT2D eigenvalue weighted by molar-refractivity contribution is 7.99. The highest BCUT2D eigenvalue weighted by Gasteiger charge is 2.17. The first kappa shape index (κ1) is 21.4. The van der Waals surface area contributed by atoms with E-state index in [-0.39, 0.29) is 5.91 Å². The molecule has 0 saturated carbocycles. The van der Waals surface area contributed by atoms with E-state index in [2.05, 4.69) is 22.4 Å². The van der Waals surface area contributed by atoms with Gasteiger partial charge in [0.15, 0.2) is 0 Å². The molecule has 162 valence electrons. The summed E-state index contributed by atoms with van der Waals surface area (Å²) in [5.41, 5.74) is 5.64. The zero-order valence-electron chi connectivity index (χ0n) is 17.7. The van der Waals surface area contributed by atoms with Gasteiger partial charge in [0.1, 0.15) is 0 Å². The van der Waals surface area contributed by atoms with Crippen LogP contribution in [-0.4, -0.2) is 23.7 Å². The summed E-state index contributed by atoms with van der Waals surface area (Å²) in [4.78, 5) is 23.7. The van der Waals surface area contributed by atoms with Gasteiger partial charge in [-0.1, -0.05) is 53.7 Å². The van der Waals surface area contributed by atoms with Gasteiger partial charge in [-0.3, -0.25) is 14.8 Å². The highest BCUT2D eigenvalue weighted by Crippen LogP contribution is 2.42. The van der Waals surface area contributed by atoms with Crippen LogP contribution in [0.2, 0.25) is 5.02 Å². The van der Waals surface area contributed by atoms with Gasteiger partial charge in [0.2, 0.25) is 0 Å². The topological polar surface area (TPSA) is 54.4 Å². The fourth-order valence-electron chi connectivity index (χ4n) is 3.74. The van der Waals surface area contributed by atoms with E-state index in [9.17, 15) is 4.79 Å². The van der Waals surface area contributed by atoms with Crippen molar-refractivity contribution in [2.45, 2.75) is 16.2 Å². The van der Waals surface area contributed by atoms with Gasteiger partial charge < -0.3 is 5.32 Å². The van der Waals surface area contributed by atoms with Gasteiger partial charge in [-0.05, 0) is 65.6 Å². The third-order valence-corrected chi connectivity index (χ3v) is 6.77. The van der Waals surface area contributed by atoms with Gasteiger partial charge in [0.25, 0.3) is 5.91 Å². The second kappa shape index (κ2) is 9.61. The molecule has 0 bridgehead atoms. The van der Waals surface area contributed by atoms with E-state index in [4.69, 9.17) is 16.6 Å². The zero-order valence-corrected chi connectivity index (χ0v) is 19.2. The Morgan fingerprint density at radius 2 is 1.88 bits per heavy atom. The number of aromatic nitrogens is 1. The van der Waals surface area contributed by atoms with Crippen molar-refractivity contribution in [2.24, 2.45) is 4.99 Å². The number of benzene rings is 3. The van der Waals surface area contributed by atoms with E-state index in [1.165, 1.54) is 0 Å². The van der Waals surface area contributed by atoms with Crippen molar-refractivity contribution >= 4 is 41.2 Å². The van der Waals surface area contributed by atoms with Crippen molar-refractivity contribution in [1.82, 2.24) is 10.3 Å². The van der Waals surface area contributed by atoms with Crippen LogP contribution >= 0.6 is 23.4 Å². The van der Waals surface area contributed by atoms with Crippen molar-refractivity contribution in [3.63, 3.8) is 0 Å². The normalized spacial score (nSPS) is 11.9. The second-order valence-electron chi connectivity index (χ2n) is 7.64. The number of nitrogens with one attached hydrogen (secondary N) is 1. The fourth-order valence-corrected chi connectivity index (χ4v) is 4.94. The summed E-state index contributed by atoms with van der Waals surface area (Å²) in [6, 6.07) is 23.6. The van der Waals surface area contributed by atoms with Gasteiger partial charge in [-0.15, -0.1) is 0 Å². The molecule has 3 aromatic carbocycles. The molecule has 1 aliphatic rings. The lowest BCUT2D eigenvalue weighted by Crippen LogP contribution is -2.25. The number of hydrogen-bond donors (Lipinski definition) is 1. The molecular formula is C27H20ClN3OS. The smallest absolute Gasteiger partial charge is 0.251 e. The Labute approximate surface area is 201 Å². The summed E-state index contributed by atoms with van der Waals surface area (Å²) >= 11 is 7.88. The van der Waals surface area contributed by atoms with Crippen LogP contribution in [0, 0.1) is 0 Å². The van der Waals surface area contributed by atoms with E-state index in [0.29, 0.717) is 17.1 Å². The second-order valence-corrected chi connectivity index (χ2v) is 9.16. The number of amides is 1. The predicted octanol–water partition coefficient (Wildman–Crippen LogP) is 6.59. The molecule has 5 rings (SSSR count). The van der Waals surface area contributed by atoms with Gasteiger partial charge in [-0.2, -0.15) is 0 Å². The fraction of sp³-hybridized carbons (Fsp3) is 0.0741. The number of carbonyl (C=O) groups is 1. The molecule has 4 nitrogen and oxygen atoms in total. The maximum atomic E-state index is 12.7. The van der Waals surface area contributed by atoms with Crippen molar-refractivity contribution in [1.29, 1.82) is 0 Å². The van der Waals surface area contributed by atoms with E-state index in [0.717, 1.165) is 44.2 Å². The Hall–Kier alpha value is -3.41. The van der Waals surface area contributed by atoms with Gasteiger partial charge in [0, 0.05) is 51.1 Å². The zero-order chi connectivity index (χ0) is 22.6. The first-order valence-electron chi connectivity index (χ1n) is 10.6. The standard InChI is InChI=1S/C27H20ClN3OS/c28-21-6-1-5-19(14-21)22-7-2-8-25-23(22)17-31-24-15-20(9-10-26(24)33-25)27(32)30-13-11-18-4-3-12-29-16-18/h1-10,12,14-17H,11,13H2,(H,30,32). The van der Waals surface area contributed by atoms with Crippen LogP contribution in [-0.2, 0) is 6.42 Å². The van der Waals surface area contributed by atoms with Crippen LogP contribution in [0.25, 0.3) is 11.1 Å². The minimum Gasteiger partial charge on any atom is -0.352 e. The minimum atomic E-state index is -0.108. The lowest BCUT2D eigenvalue weighted by atomic mass is 10.0. The molecule has 0 unspecified atom stereocenters.